The van der Waals surface area contributed by atoms with Gasteiger partial charge in [0.2, 0.25) is 0 Å². The van der Waals surface area contributed by atoms with Crippen LogP contribution < -0.4 is 14.8 Å². The summed E-state index contributed by atoms with van der Waals surface area (Å²) in [4.78, 5) is 23.8. The Bertz CT molecular complexity index is 725. The highest BCUT2D eigenvalue weighted by molar-refractivity contribution is 5.93. The second kappa shape index (κ2) is 10.9. The molecule has 1 N–H and O–H groups in total. The van der Waals surface area contributed by atoms with Crippen molar-refractivity contribution in [3.8, 4) is 11.5 Å². The molecule has 0 aliphatic heterocycles. The van der Waals surface area contributed by atoms with Gasteiger partial charge < -0.3 is 19.5 Å². The molecular formula is C21H25NO5. The Morgan fingerprint density at radius 3 is 2.11 bits per heavy atom. The molecule has 0 aliphatic carbocycles. The number of unbranched alkanes of at least 4 members (excludes halogenated alkanes) is 1. The summed E-state index contributed by atoms with van der Waals surface area (Å²) in [6, 6.07) is 13.6. The first-order valence-corrected chi connectivity index (χ1v) is 9.05. The third-order valence-electron chi connectivity index (χ3n) is 3.64. The van der Waals surface area contributed by atoms with Crippen LogP contribution in [0.3, 0.4) is 0 Å². The standard InChI is InChI=1S/C21H25NO5/c1-3-5-14-26-21(24)16-6-8-17(9-7-16)22-20(23)15-27-19-12-10-18(11-13-19)25-4-2/h6-13H,3-5,14-15H2,1-2H3,(H,22,23). The second-order valence-corrected chi connectivity index (χ2v) is 5.81. The average Bonchev–Trinajstić information content (AvgIpc) is 2.68. The minimum atomic E-state index is -0.361. The van der Waals surface area contributed by atoms with E-state index in [-0.39, 0.29) is 18.5 Å². The van der Waals surface area contributed by atoms with Crippen molar-refractivity contribution in [1.29, 1.82) is 0 Å². The van der Waals surface area contributed by atoms with Gasteiger partial charge in [0.25, 0.3) is 5.91 Å². The molecule has 0 bridgehead atoms. The van der Waals surface area contributed by atoms with Crippen molar-refractivity contribution in [1.82, 2.24) is 0 Å². The van der Waals surface area contributed by atoms with Crippen molar-refractivity contribution in [3.05, 3.63) is 54.1 Å². The lowest BCUT2D eigenvalue weighted by molar-refractivity contribution is -0.118. The predicted molar refractivity (Wildman–Crippen MR) is 103 cm³/mol. The lowest BCUT2D eigenvalue weighted by Crippen LogP contribution is -2.20. The van der Waals surface area contributed by atoms with Gasteiger partial charge in [-0.15, -0.1) is 0 Å². The van der Waals surface area contributed by atoms with Crippen LogP contribution in [0.4, 0.5) is 5.69 Å². The molecule has 0 heterocycles. The molecule has 6 heteroatoms. The SMILES string of the molecule is CCCCOC(=O)c1ccc(NC(=O)COc2ccc(OCC)cc2)cc1. The van der Waals surface area contributed by atoms with Crippen LogP contribution in [-0.2, 0) is 9.53 Å². The van der Waals surface area contributed by atoms with Crippen molar-refractivity contribution in [2.75, 3.05) is 25.1 Å². The van der Waals surface area contributed by atoms with E-state index in [1.54, 1.807) is 48.5 Å². The number of ether oxygens (including phenoxy) is 3. The fourth-order valence-electron chi connectivity index (χ4n) is 2.23. The molecule has 0 fully saturated rings. The molecule has 2 aromatic rings. The maximum Gasteiger partial charge on any atom is 0.338 e. The zero-order chi connectivity index (χ0) is 19.5. The van der Waals surface area contributed by atoms with E-state index in [9.17, 15) is 9.59 Å². The van der Waals surface area contributed by atoms with Crippen LogP contribution in [0, 0.1) is 0 Å². The number of carbonyl (C=O) groups excluding carboxylic acids is 2. The smallest absolute Gasteiger partial charge is 0.338 e. The molecule has 0 aromatic heterocycles. The summed E-state index contributed by atoms with van der Waals surface area (Å²) in [6.45, 7) is 4.84. The maximum atomic E-state index is 12.0. The zero-order valence-electron chi connectivity index (χ0n) is 15.7. The number of hydrogen-bond acceptors (Lipinski definition) is 5. The third kappa shape index (κ3) is 7.01. The number of hydrogen-bond donors (Lipinski definition) is 1. The molecule has 0 radical (unpaired) electrons. The summed E-state index contributed by atoms with van der Waals surface area (Å²) in [7, 11) is 0. The predicted octanol–water partition coefficient (Wildman–Crippen LogP) is 4.06. The van der Waals surface area contributed by atoms with E-state index in [0.717, 1.165) is 18.6 Å². The number of nitrogens with one attached hydrogen (secondary N) is 1. The van der Waals surface area contributed by atoms with Gasteiger partial charge in [0.05, 0.1) is 18.8 Å². The van der Waals surface area contributed by atoms with Crippen LogP contribution in [0.2, 0.25) is 0 Å². The molecule has 0 atom stereocenters. The van der Waals surface area contributed by atoms with E-state index >= 15 is 0 Å². The molecular weight excluding hydrogens is 346 g/mol. The lowest BCUT2D eigenvalue weighted by Gasteiger charge is -2.09. The van der Waals surface area contributed by atoms with E-state index in [2.05, 4.69) is 5.32 Å². The van der Waals surface area contributed by atoms with E-state index in [1.165, 1.54) is 0 Å². The molecule has 27 heavy (non-hydrogen) atoms. The van der Waals surface area contributed by atoms with Crippen LogP contribution >= 0.6 is 0 Å². The second-order valence-electron chi connectivity index (χ2n) is 5.81. The Hall–Kier alpha value is -3.02. The summed E-state index contributed by atoms with van der Waals surface area (Å²) in [5.74, 6) is 0.684. The monoisotopic (exact) mass is 371 g/mol. The number of esters is 1. The molecule has 0 spiro atoms. The summed E-state index contributed by atoms with van der Waals surface area (Å²) in [5.41, 5.74) is 1.04. The van der Waals surface area contributed by atoms with Gasteiger partial charge in [-0.3, -0.25) is 4.79 Å². The molecule has 1 amide bonds. The quantitative estimate of drug-likeness (QED) is 0.504. The van der Waals surface area contributed by atoms with Gasteiger partial charge in [-0.25, -0.2) is 4.79 Å². The van der Waals surface area contributed by atoms with Crippen LogP contribution in [-0.4, -0.2) is 31.7 Å². The Labute approximate surface area is 159 Å². The third-order valence-corrected chi connectivity index (χ3v) is 3.64. The first kappa shape index (κ1) is 20.3. The minimum Gasteiger partial charge on any atom is -0.494 e. The fraction of sp³-hybridized carbons (Fsp3) is 0.333. The molecule has 0 saturated heterocycles. The van der Waals surface area contributed by atoms with Crippen molar-refractivity contribution in [2.24, 2.45) is 0 Å². The van der Waals surface area contributed by atoms with Crippen molar-refractivity contribution in [2.45, 2.75) is 26.7 Å². The number of carbonyl (C=O) groups is 2. The van der Waals surface area contributed by atoms with Crippen LogP contribution in [0.15, 0.2) is 48.5 Å². The van der Waals surface area contributed by atoms with Gasteiger partial charge in [0.1, 0.15) is 11.5 Å². The van der Waals surface area contributed by atoms with E-state index in [1.807, 2.05) is 13.8 Å². The van der Waals surface area contributed by atoms with Gasteiger partial charge in [0, 0.05) is 5.69 Å². The summed E-state index contributed by atoms with van der Waals surface area (Å²) in [5, 5.41) is 2.72. The van der Waals surface area contributed by atoms with Crippen molar-refractivity contribution in [3.63, 3.8) is 0 Å². The van der Waals surface area contributed by atoms with Gasteiger partial charge in [-0.2, -0.15) is 0 Å². The normalized spacial score (nSPS) is 10.1. The Balaban J connectivity index is 1.78. The first-order valence-electron chi connectivity index (χ1n) is 9.05. The summed E-state index contributed by atoms with van der Waals surface area (Å²) in [6.07, 6.45) is 1.81. The number of rotatable bonds is 10. The van der Waals surface area contributed by atoms with Crippen LogP contribution in [0.5, 0.6) is 11.5 Å². The average molecular weight is 371 g/mol. The Kier molecular flexibility index (Phi) is 8.16. The zero-order valence-corrected chi connectivity index (χ0v) is 15.7. The fourth-order valence-corrected chi connectivity index (χ4v) is 2.23. The molecule has 2 aromatic carbocycles. The number of amides is 1. The van der Waals surface area contributed by atoms with Crippen LogP contribution in [0.25, 0.3) is 0 Å². The first-order chi connectivity index (χ1) is 13.1. The maximum absolute atomic E-state index is 12.0. The molecule has 6 nitrogen and oxygen atoms in total. The summed E-state index contributed by atoms with van der Waals surface area (Å²) < 4.78 is 15.9. The minimum absolute atomic E-state index is 0.116. The van der Waals surface area contributed by atoms with Crippen molar-refractivity contribution < 1.29 is 23.8 Å². The Morgan fingerprint density at radius 2 is 1.52 bits per heavy atom. The molecule has 0 saturated carbocycles. The highest BCUT2D eigenvalue weighted by Gasteiger charge is 2.08. The van der Waals surface area contributed by atoms with Crippen LogP contribution in [0.1, 0.15) is 37.0 Å². The highest BCUT2D eigenvalue weighted by Crippen LogP contribution is 2.17. The van der Waals surface area contributed by atoms with Crippen molar-refractivity contribution >= 4 is 17.6 Å². The summed E-state index contributed by atoms with van der Waals surface area (Å²) >= 11 is 0. The largest absolute Gasteiger partial charge is 0.494 e. The van der Waals surface area contributed by atoms with Gasteiger partial charge >= 0.3 is 5.97 Å². The van der Waals surface area contributed by atoms with E-state index < -0.39 is 0 Å². The molecule has 0 aliphatic rings. The Morgan fingerprint density at radius 1 is 0.889 bits per heavy atom. The van der Waals surface area contributed by atoms with E-state index in [0.29, 0.717) is 30.2 Å². The van der Waals surface area contributed by atoms with Gasteiger partial charge in [-0.1, -0.05) is 13.3 Å². The molecule has 0 unspecified atom stereocenters. The topological polar surface area (TPSA) is 73.9 Å². The van der Waals surface area contributed by atoms with Gasteiger partial charge in [-0.05, 0) is 61.9 Å². The lowest BCUT2D eigenvalue weighted by atomic mass is 10.2. The number of anilines is 1. The van der Waals surface area contributed by atoms with Gasteiger partial charge in [0.15, 0.2) is 6.61 Å². The highest BCUT2D eigenvalue weighted by atomic mass is 16.5. The number of benzene rings is 2. The molecule has 144 valence electrons. The molecule has 2 rings (SSSR count). The van der Waals surface area contributed by atoms with E-state index in [4.69, 9.17) is 14.2 Å².